The molecule has 3 nitrogen and oxygen atoms in total. The number of pyridine rings is 1. The summed E-state index contributed by atoms with van der Waals surface area (Å²) in [5.74, 6) is 0.988. The monoisotopic (exact) mass is 258 g/mol. The second-order valence-corrected chi connectivity index (χ2v) is 4.87. The van der Waals surface area contributed by atoms with Crippen LogP contribution in [0.1, 0.15) is 5.56 Å². The Balaban J connectivity index is 1.88. The van der Waals surface area contributed by atoms with Gasteiger partial charge in [0.15, 0.2) is 0 Å². The molecule has 18 heavy (non-hydrogen) atoms. The van der Waals surface area contributed by atoms with Gasteiger partial charge in [-0.3, -0.25) is 4.79 Å². The largest absolute Gasteiger partial charge is 0.310 e. The van der Waals surface area contributed by atoms with Crippen molar-refractivity contribution < 1.29 is 4.79 Å². The molecule has 4 heteroatoms. The summed E-state index contributed by atoms with van der Waals surface area (Å²) in [5, 5.41) is 2.81. The van der Waals surface area contributed by atoms with E-state index in [4.69, 9.17) is 0 Å². The van der Waals surface area contributed by atoms with Crippen molar-refractivity contribution in [2.24, 2.45) is 0 Å². The highest BCUT2D eigenvalue weighted by Gasteiger charge is 2.05. The van der Waals surface area contributed by atoms with Gasteiger partial charge in [0.05, 0.1) is 5.75 Å². The molecule has 1 aromatic heterocycles. The molecule has 1 N–H and O–H groups in total. The Kier molecular flexibility index (Phi) is 4.36. The fourth-order valence-electron chi connectivity index (χ4n) is 1.45. The maximum absolute atomic E-state index is 11.8. The van der Waals surface area contributed by atoms with Gasteiger partial charge in [-0.2, -0.15) is 0 Å². The number of carbonyl (C=O) groups is 1. The Morgan fingerprint density at radius 3 is 2.72 bits per heavy atom. The van der Waals surface area contributed by atoms with Gasteiger partial charge in [0.1, 0.15) is 5.82 Å². The number of amides is 1. The van der Waals surface area contributed by atoms with Crippen LogP contribution in [0.25, 0.3) is 0 Å². The molecule has 0 aliphatic rings. The third kappa shape index (κ3) is 3.60. The topological polar surface area (TPSA) is 42.0 Å². The molecule has 2 aromatic rings. The van der Waals surface area contributed by atoms with Gasteiger partial charge in [-0.05, 0) is 30.7 Å². The molecule has 0 fully saturated rings. The molecule has 2 rings (SSSR count). The summed E-state index contributed by atoms with van der Waals surface area (Å²) in [4.78, 5) is 17.0. The fourth-order valence-corrected chi connectivity index (χ4v) is 2.17. The van der Waals surface area contributed by atoms with Crippen molar-refractivity contribution in [1.82, 2.24) is 4.98 Å². The van der Waals surface area contributed by atoms with Crippen molar-refractivity contribution in [1.29, 1.82) is 0 Å². The smallest absolute Gasteiger partial charge is 0.235 e. The Hall–Kier alpha value is -1.81. The molecule has 0 unspecified atom stereocenters. The van der Waals surface area contributed by atoms with Crippen molar-refractivity contribution >= 4 is 23.5 Å². The van der Waals surface area contributed by atoms with Crippen molar-refractivity contribution in [2.45, 2.75) is 11.8 Å². The molecule has 0 saturated carbocycles. The molecule has 0 bridgehead atoms. The number of anilines is 1. The minimum absolute atomic E-state index is 0.0364. The quantitative estimate of drug-likeness (QED) is 0.857. The number of benzene rings is 1. The van der Waals surface area contributed by atoms with Gasteiger partial charge in [-0.25, -0.2) is 4.98 Å². The standard InChI is InChI=1S/C14H14N2OS/c1-11-6-5-9-15-14(11)16-13(17)10-18-12-7-3-2-4-8-12/h2-9H,10H2,1H3,(H,15,16,17). The van der Waals surface area contributed by atoms with E-state index in [9.17, 15) is 4.79 Å². The molecule has 0 aliphatic heterocycles. The summed E-state index contributed by atoms with van der Waals surface area (Å²) >= 11 is 1.51. The van der Waals surface area contributed by atoms with Crippen LogP contribution in [0.15, 0.2) is 53.6 Å². The average Bonchev–Trinajstić information content (AvgIpc) is 2.40. The number of aryl methyl sites for hydroxylation is 1. The highest BCUT2D eigenvalue weighted by atomic mass is 32.2. The van der Waals surface area contributed by atoms with E-state index in [0.29, 0.717) is 11.6 Å². The molecule has 1 heterocycles. The lowest BCUT2D eigenvalue weighted by Gasteiger charge is -2.06. The lowest BCUT2D eigenvalue weighted by molar-refractivity contribution is -0.113. The summed E-state index contributed by atoms with van der Waals surface area (Å²) in [6.07, 6.45) is 1.67. The van der Waals surface area contributed by atoms with Crippen LogP contribution in [0.2, 0.25) is 0 Å². The number of rotatable bonds is 4. The molecule has 0 saturated heterocycles. The van der Waals surface area contributed by atoms with Gasteiger partial charge in [0.2, 0.25) is 5.91 Å². The van der Waals surface area contributed by atoms with E-state index in [1.165, 1.54) is 11.8 Å². The molecule has 0 radical (unpaired) electrons. The van der Waals surface area contributed by atoms with Crippen LogP contribution in [0.3, 0.4) is 0 Å². The Labute approximate surface area is 111 Å². The number of hydrogen-bond acceptors (Lipinski definition) is 3. The van der Waals surface area contributed by atoms with E-state index < -0.39 is 0 Å². The van der Waals surface area contributed by atoms with Crippen molar-refractivity contribution in [3.63, 3.8) is 0 Å². The molecule has 92 valence electrons. The van der Waals surface area contributed by atoms with Gasteiger partial charge >= 0.3 is 0 Å². The Morgan fingerprint density at radius 2 is 2.00 bits per heavy atom. The van der Waals surface area contributed by atoms with E-state index >= 15 is 0 Å². The van der Waals surface area contributed by atoms with Gasteiger partial charge < -0.3 is 5.32 Å². The maximum atomic E-state index is 11.8. The molecular formula is C14H14N2OS. The van der Waals surface area contributed by atoms with Gasteiger partial charge in [-0.15, -0.1) is 11.8 Å². The van der Waals surface area contributed by atoms with Crippen LogP contribution in [-0.4, -0.2) is 16.6 Å². The first-order valence-electron chi connectivity index (χ1n) is 5.65. The predicted octanol–water partition coefficient (Wildman–Crippen LogP) is 3.12. The van der Waals surface area contributed by atoms with Crippen LogP contribution in [0.5, 0.6) is 0 Å². The van der Waals surface area contributed by atoms with Crippen molar-refractivity contribution in [3.8, 4) is 0 Å². The molecule has 0 spiro atoms. The second-order valence-electron chi connectivity index (χ2n) is 3.82. The summed E-state index contributed by atoms with van der Waals surface area (Å²) < 4.78 is 0. The second kappa shape index (κ2) is 6.21. The number of aromatic nitrogens is 1. The average molecular weight is 258 g/mol. The van der Waals surface area contributed by atoms with E-state index in [2.05, 4.69) is 10.3 Å². The Morgan fingerprint density at radius 1 is 1.22 bits per heavy atom. The van der Waals surface area contributed by atoms with Crippen LogP contribution >= 0.6 is 11.8 Å². The first kappa shape index (κ1) is 12.6. The van der Waals surface area contributed by atoms with Crippen LogP contribution in [0.4, 0.5) is 5.82 Å². The van der Waals surface area contributed by atoms with Gasteiger partial charge in [0.25, 0.3) is 0 Å². The maximum Gasteiger partial charge on any atom is 0.235 e. The summed E-state index contributed by atoms with van der Waals surface area (Å²) in [6, 6.07) is 13.6. The summed E-state index contributed by atoms with van der Waals surface area (Å²) in [6.45, 7) is 1.92. The lowest BCUT2D eigenvalue weighted by Crippen LogP contribution is -2.15. The highest BCUT2D eigenvalue weighted by Crippen LogP contribution is 2.17. The summed E-state index contributed by atoms with van der Waals surface area (Å²) in [7, 11) is 0. The van der Waals surface area contributed by atoms with Crippen molar-refractivity contribution in [3.05, 3.63) is 54.2 Å². The molecule has 0 aliphatic carbocycles. The fraction of sp³-hybridized carbons (Fsp3) is 0.143. The van der Waals surface area contributed by atoms with Gasteiger partial charge in [0, 0.05) is 11.1 Å². The number of hydrogen-bond donors (Lipinski definition) is 1. The van der Waals surface area contributed by atoms with Crippen LogP contribution in [-0.2, 0) is 4.79 Å². The minimum atomic E-state index is -0.0364. The molecule has 1 aromatic carbocycles. The Bertz CT molecular complexity index is 528. The number of thioether (sulfide) groups is 1. The number of nitrogens with one attached hydrogen (secondary N) is 1. The highest BCUT2D eigenvalue weighted by molar-refractivity contribution is 8.00. The van der Waals surface area contributed by atoms with Crippen LogP contribution in [0, 0.1) is 6.92 Å². The van der Waals surface area contributed by atoms with E-state index in [1.54, 1.807) is 6.20 Å². The zero-order valence-corrected chi connectivity index (χ0v) is 10.9. The van der Waals surface area contributed by atoms with E-state index in [-0.39, 0.29) is 5.91 Å². The van der Waals surface area contributed by atoms with E-state index in [1.807, 2.05) is 49.4 Å². The van der Waals surface area contributed by atoms with Crippen LogP contribution < -0.4 is 5.32 Å². The predicted molar refractivity (Wildman–Crippen MR) is 74.8 cm³/mol. The molecular weight excluding hydrogens is 244 g/mol. The normalized spacial score (nSPS) is 10.1. The van der Waals surface area contributed by atoms with E-state index in [0.717, 1.165) is 10.5 Å². The summed E-state index contributed by atoms with van der Waals surface area (Å²) in [5.41, 5.74) is 0.968. The minimum Gasteiger partial charge on any atom is -0.310 e. The van der Waals surface area contributed by atoms with Gasteiger partial charge in [-0.1, -0.05) is 24.3 Å². The zero-order valence-electron chi connectivity index (χ0n) is 10.1. The number of carbonyl (C=O) groups excluding carboxylic acids is 1. The SMILES string of the molecule is Cc1cccnc1NC(=O)CSc1ccccc1. The number of nitrogens with zero attached hydrogens (tertiary/aromatic N) is 1. The molecule has 1 amide bonds. The van der Waals surface area contributed by atoms with Crippen molar-refractivity contribution in [2.75, 3.05) is 11.1 Å². The first-order chi connectivity index (χ1) is 8.75. The third-order valence-electron chi connectivity index (χ3n) is 2.38. The molecule has 0 atom stereocenters. The lowest BCUT2D eigenvalue weighted by atomic mass is 10.3. The first-order valence-corrected chi connectivity index (χ1v) is 6.63. The third-order valence-corrected chi connectivity index (χ3v) is 3.39. The zero-order chi connectivity index (χ0) is 12.8.